The van der Waals surface area contributed by atoms with Crippen LogP contribution in [-0.4, -0.2) is 11.1 Å². The Morgan fingerprint density at radius 2 is 2.22 bits per heavy atom. The normalized spacial score (nSPS) is 10.6. The molecular weight excluding hydrogens is 332 g/mol. The Hall–Kier alpha value is -0.780. The summed E-state index contributed by atoms with van der Waals surface area (Å²) < 4.78 is 1.12. The van der Waals surface area contributed by atoms with Crippen LogP contribution < -0.4 is 0 Å². The highest BCUT2D eigenvalue weighted by molar-refractivity contribution is 9.10. The molecule has 0 fully saturated rings. The molecule has 5 heteroatoms. The molecule has 94 valence electrons. The fourth-order valence-corrected chi connectivity index (χ4v) is 4.23. The number of rotatable bonds is 4. The van der Waals surface area contributed by atoms with Crippen molar-refractivity contribution < 1.29 is 9.90 Å². The molecule has 0 aliphatic carbocycles. The van der Waals surface area contributed by atoms with Crippen LogP contribution in [-0.2, 0) is 5.75 Å². The molecule has 0 saturated carbocycles. The molecule has 18 heavy (non-hydrogen) atoms. The van der Waals surface area contributed by atoms with Gasteiger partial charge in [0.15, 0.2) is 0 Å². The number of halogens is 1. The van der Waals surface area contributed by atoms with Gasteiger partial charge in [-0.3, -0.25) is 0 Å². The molecule has 0 unspecified atom stereocenters. The highest BCUT2D eigenvalue weighted by Crippen LogP contribution is 2.31. The maximum atomic E-state index is 11.0. The zero-order valence-corrected chi connectivity index (χ0v) is 12.9. The Kier molecular flexibility index (Phi) is 4.48. The smallest absolute Gasteiger partial charge is 0.335 e. The molecule has 0 radical (unpaired) electrons. The number of carboxylic acid groups (broad SMARTS) is 1. The highest BCUT2D eigenvalue weighted by Gasteiger charge is 2.09. The topological polar surface area (TPSA) is 37.3 Å². The average molecular weight is 343 g/mol. The van der Waals surface area contributed by atoms with Crippen LogP contribution in [0, 0.1) is 6.92 Å². The quantitative estimate of drug-likeness (QED) is 0.810. The van der Waals surface area contributed by atoms with Gasteiger partial charge in [0, 0.05) is 20.0 Å². The highest BCUT2D eigenvalue weighted by atomic mass is 79.9. The SMILES string of the molecule is Cc1ccc(SCc2sccc2Br)cc1C(=O)O. The van der Waals surface area contributed by atoms with E-state index in [9.17, 15) is 4.79 Å². The molecule has 0 saturated heterocycles. The molecule has 0 atom stereocenters. The van der Waals surface area contributed by atoms with Gasteiger partial charge in [0.05, 0.1) is 5.56 Å². The van der Waals surface area contributed by atoms with Gasteiger partial charge in [-0.1, -0.05) is 6.07 Å². The lowest BCUT2D eigenvalue weighted by Gasteiger charge is -2.05. The predicted molar refractivity (Wildman–Crippen MR) is 79.7 cm³/mol. The number of benzene rings is 1. The fraction of sp³-hybridized carbons (Fsp3) is 0.154. The van der Waals surface area contributed by atoms with Crippen LogP contribution in [0.4, 0.5) is 0 Å². The van der Waals surface area contributed by atoms with E-state index in [4.69, 9.17) is 5.11 Å². The van der Waals surface area contributed by atoms with E-state index in [0.29, 0.717) is 5.56 Å². The summed E-state index contributed by atoms with van der Waals surface area (Å²) in [7, 11) is 0. The van der Waals surface area contributed by atoms with Crippen molar-refractivity contribution in [1.82, 2.24) is 0 Å². The van der Waals surface area contributed by atoms with Crippen LogP contribution in [0.2, 0.25) is 0 Å². The largest absolute Gasteiger partial charge is 0.478 e. The van der Waals surface area contributed by atoms with Gasteiger partial charge in [-0.2, -0.15) is 0 Å². The maximum absolute atomic E-state index is 11.0. The molecule has 0 aliphatic rings. The molecule has 0 amide bonds. The molecule has 2 rings (SSSR count). The van der Waals surface area contributed by atoms with E-state index < -0.39 is 5.97 Å². The molecular formula is C13H11BrO2S2. The fourth-order valence-electron chi connectivity index (χ4n) is 1.50. The van der Waals surface area contributed by atoms with Gasteiger partial charge in [0.1, 0.15) is 0 Å². The van der Waals surface area contributed by atoms with Gasteiger partial charge < -0.3 is 5.11 Å². The first kappa shape index (κ1) is 13.6. The molecule has 1 aromatic carbocycles. The third kappa shape index (κ3) is 3.16. The summed E-state index contributed by atoms with van der Waals surface area (Å²) >= 11 is 6.84. The van der Waals surface area contributed by atoms with Crippen molar-refractivity contribution in [2.75, 3.05) is 0 Å². The number of thioether (sulfide) groups is 1. The van der Waals surface area contributed by atoms with Gasteiger partial charge in [0.25, 0.3) is 0 Å². The van der Waals surface area contributed by atoms with Gasteiger partial charge in [-0.15, -0.1) is 23.1 Å². The minimum Gasteiger partial charge on any atom is -0.478 e. The van der Waals surface area contributed by atoms with Gasteiger partial charge in [0.2, 0.25) is 0 Å². The molecule has 1 heterocycles. The van der Waals surface area contributed by atoms with Crippen LogP contribution in [0.25, 0.3) is 0 Å². The first-order valence-electron chi connectivity index (χ1n) is 5.26. The number of hydrogen-bond donors (Lipinski definition) is 1. The van der Waals surface area contributed by atoms with Gasteiger partial charge >= 0.3 is 5.97 Å². The van der Waals surface area contributed by atoms with Crippen molar-refractivity contribution in [3.05, 3.63) is 50.1 Å². The number of thiophene rings is 1. The molecule has 2 aromatic rings. The Labute approximate surface area is 122 Å². The van der Waals surface area contributed by atoms with Crippen molar-refractivity contribution in [2.24, 2.45) is 0 Å². The van der Waals surface area contributed by atoms with Crippen molar-refractivity contribution in [3.8, 4) is 0 Å². The standard InChI is InChI=1S/C13H11BrO2S2/c1-8-2-3-9(6-10(8)13(15)16)18-7-12-11(14)4-5-17-12/h2-6H,7H2,1H3,(H,15,16). The summed E-state index contributed by atoms with van der Waals surface area (Å²) in [5, 5.41) is 11.1. The van der Waals surface area contributed by atoms with E-state index >= 15 is 0 Å². The Bertz CT molecular complexity index is 578. The summed E-state index contributed by atoms with van der Waals surface area (Å²) in [6.07, 6.45) is 0. The maximum Gasteiger partial charge on any atom is 0.335 e. The van der Waals surface area contributed by atoms with Crippen molar-refractivity contribution in [1.29, 1.82) is 0 Å². The Morgan fingerprint density at radius 1 is 1.44 bits per heavy atom. The number of aryl methyl sites for hydroxylation is 1. The second-order valence-electron chi connectivity index (χ2n) is 3.76. The first-order chi connectivity index (χ1) is 8.58. The van der Waals surface area contributed by atoms with Crippen LogP contribution >= 0.6 is 39.0 Å². The summed E-state index contributed by atoms with van der Waals surface area (Å²) in [5.41, 5.74) is 1.18. The van der Waals surface area contributed by atoms with E-state index in [0.717, 1.165) is 20.7 Å². The van der Waals surface area contributed by atoms with Crippen LogP contribution in [0.1, 0.15) is 20.8 Å². The van der Waals surface area contributed by atoms with E-state index in [1.165, 1.54) is 4.88 Å². The monoisotopic (exact) mass is 342 g/mol. The number of aromatic carboxylic acids is 1. The Morgan fingerprint density at radius 3 is 2.83 bits per heavy atom. The second kappa shape index (κ2) is 5.91. The van der Waals surface area contributed by atoms with E-state index in [-0.39, 0.29) is 0 Å². The first-order valence-corrected chi connectivity index (χ1v) is 7.92. The second-order valence-corrected chi connectivity index (χ2v) is 6.67. The molecule has 0 spiro atoms. The lowest BCUT2D eigenvalue weighted by Crippen LogP contribution is -1.99. The van der Waals surface area contributed by atoms with E-state index in [2.05, 4.69) is 15.9 Å². The zero-order valence-electron chi connectivity index (χ0n) is 9.64. The van der Waals surface area contributed by atoms with Crippen LogP contribution in [0.15, 0.2) is 39.0 Å². The summed E-state index contributed by atoms with van der Waals surface area (Å²) in [6, 6.07) is 7.59. The molecule has 2 nitrogen and oxygen atoms in total. The van der Waals surface area contributed by atoms with Crippen molar-refractivity contribution in [2.45, 2.75) is 17.6 Å². The summed E-state index contributed by atoms with van der Waals surface area (Å²) in [4.78, 5) is 13.3. The predicted octanol–water partition coefficient (Wildman–Crippen LogP) is 4.81. The van der Waals surface area contributed by atoms with Gasteiger partial charge in [-0.05, 0) is 52.0 Å². The van der Waals surface area contributed by atoms with E-state index in [1.54, 1.807) is 29.2 Å². The van der Waals surface area contributed by atoms with E-state index in [1.807, 2.05) is 30.5 Å². The number of carboxylic acids is 1. The summed E-state index contributed by atoms with van der Waals surface area (Å²) in [5.74, 6) is -0.0207. The van der Waals surface area contributed by atoms with Crippen molar-refractivity contribution >= 4 is 45.0 Å². The zero-order chi connectivity index (χ0) is 13.1. The van der Waals surface area contributed by atoms with Crippen LogP contribution in [0.3, 0.4) is 0 Å². The van der Waals surface area contributed by atoms with Gasteiger partial charge in [-0.25, -0.2) is 4.79 Å². The summed E-state index contributed by atoms with van der Waals surface area (Å²) in [6.45, 7) is 1.81. The number of carbonyl (C=O) groups is 1. The third-order valence-corrected chi connectivity index (χ3v) is 5.63. The number of hydrogen-bond acceptors (Lipinski definition) is 3. The lowest BCUT2D eigenvalue weighted by atomic mass is 10.1. The minimum atomic E-state index is -0.868. The van der Waals surface area contributed by atoms with Crippen molar-refractivity contribution in [3.63, 3.8) is 0 Å². The Balaban J connectivity index is 2.13. The lowest BCUT2D eigenvalue weighted by molar-refractivity contribution is 0.0696. The molecule has 1 N–H and O–H groups in total. The van der Waals surface area contributed by atoms with Crippen LogP contribution in [0.5, 0.6) is 0 Å². The molecule has 1 aromatic heterocycles. The third-order valence-electron chi connectivity index (χ3n) is 2.50. The minimum absolute atomic E-state index is 0.380. The molecule has 0 aliphatic heterocycles. The molecule has 0 bridgehead atoms. The average Bonchev–Trinajstić information content (AvgIpc) is 2.73.